The van der Waals surface area contributed by atoms with Crippen LogP contribution in [0.25, 0.3) is 0 Å². The van der Waals surface area contributed by atoms with E-state index in [0.29, 0.717) is 18.7 Å². The molecule has 1 rings (SSSR count). The summed E-state index contributed by atoms with van der Waals surface area (Å²) in [6.07, 6.45) is 1.64. The molecule has 1 aromatic rings. The first-order valence-electron chi connectivity index (χ1n) is 6.46. The van der Waals surface area contributed by atoms with E-state index in [9.17, 15) is 12.8 Å². The van der Waals surface area contributed by atoms with Gasteiger partial charge in [-0.3, -0.25) is 0 Å². The molecule has 0 aliphatic heterocycles. The maximum Gasteiger partial charge on any atom is 0.245 e. The predicted molar refractivity (Wildman–Crippen MR) is 73.6 cm³/mol. The highest BCUT2D eigenvalue weighted by Gasteiger charge is 2.26. The van der Waals surface area contributed by atoms with E-state index < -0.39 is 15.8 Å². The molecule has 0 saturated heterocycles. The molecule has 0 fully saturated rings. The minimum atomic E-state index is -3.78. The molecular weight excluding hydrogens is 267 g/mol. The second-order valence-corrected chi connectivity index (χ2v) is 6.23. The Bertz CT molecular complexity index is 517. The van der Waals surface area contributed by atoms with Gasteiger partial charge in [0.2, 0.25) is 10.0 Å². The summed E-state index contributed by atoms with van der Waals surface area (Å²) in [5.41, 5.74) is 6.07. The highest BCUT2D eigenvalue weighted by atomic mass is 32.2. The Labute approximate surface area is 114 Å². The van der Waals surface area contributed by atoms with Crippen LogP contribution in [0.5, 0.6) is 0 Å². The highest BCUT2D eigenvalue weighted by Crippen LogP contribution is 2.21. The summed E-state index contributed by atoms with van der Waals surface area (Å²) in [6, 6.07) is 3.97. The van der Waals surface area contributed by atoms with Crippen molar-refractivity contribution in [2.45, 2.75) is 38.1 Å². The third kappa shape index (κ3) is 3.75. The lowest BCUT2D eigenvalue weighted by Crippen LogP contribution is -2.32. The molecule has 1 aromatic carbocycles. The van der Waals surface area contributed by atoms with Gasteiger partial charge in [0.25, 0.3) is 0 Å². The fraction of sp³-hybridized carbons (Fsp3) is 0.538. The summed E-state index contributed by atoms with van der Waals surface area (Å²) in [6.45, 7) is 4.65. The zero-order valence-corrected chi connectivity index (χ0v) is 12.2. The summed E-state index contributed by atoms with van der Waals surface area (Å²) in [7, 11) is -3.78. The zero-order valence-electron chi connectivity index (χ0n) is 11.4. The largest absolute Gasteiger partial charge is 0.326 e. The van der Waals surface area contributed by atoms with Gasteiger partial charge in [-0.05, 0) is 24.1 Å². The normalized spacial score (nSPS) is 12.1. The molecule has 0 aliphatic carbocycles. The van der Waals surface area contributed by atoms with Crippen LogP contribution >= 0.6 is 0 Å². The van der Waals surface area contributed by atoms with Gasteiger partial charge in [-0.15, -0.1) is 0 Å². The lowest BCUT2D eigenvalue weighted by molar-refractivity contribution is 0.415. The Morgan fingerprint density at radius 3 is 2.53 bits per heavy atom. The van der Waals surface area contributed by atoms with Crippen LogP contribution in [0.3, 0.4) is 0 Å². The van der Waals surface area contributed by atoms with Crippen molar-refractivity contribution in [3.8, 4) is 0 Å². The van der Waals surface area contributed by atoms with E-state index in [4.69, 9.17) is 5.73 Å². The molecule has 0 aliphatic rings. The van der Waals surface area contributed by atoms with Gasteiger partial charge in [0.1, 0.15) is 10.7 Å². The van der Waals surface area contributed by atoms with Crippen molar-refractivity contribution in [1.29, 1.82) is 0 Å². The van der Waals surface area contributed by atoms with Gasteiger partial charge in [-0.2, -0.15) is 4.31 Å². The molecule has 0 unspecified atom stereocenters. The molecule has 0 spiro atoms. The smallest absolute Gasteiger partial charge is 0.245 e. The van der Waals surface area contributed by atoms with Crippen molar-refractivity contribution in [3.05, 3.63) is 29.6 Å². The van der Waals surface area contributed by atoms with E-state index in [-0.39, 0.29) is 11.4 Å². The Morgan fingerprint density at radius 2 is 2.00 bits per heavy atom. The number of halogens is 1. The van der Waals surface area contributed by atoms with E-state index in [0.717, 1.165) is 18.9 Å². The standard InChI is InChI=1S/C13H21FN2O2S/c1-3-5-8-16(4-2)19(17,18)13-9-11(10-15)6-7-12(13)14/h6-7,9H,3-5,8,10,15H2,1-2H3. The topological polar surface area (TPSA) is 63.4 Å². The maximum absolute atomic E-state index is 13.8. The van der Waals surface area contributed by atoms with E-state index in [1.165, 1.54) is 16.4 Å². The first kappa shape index (κ1) is 16.1. The van der Waals surface area contributed by atoms with Crippen LogP contribution in [0, 0.1) is 5.82 Å². The van der Waals surface area contributed by atoms with Gasteiger partial charge in [0, 0.05) is 19.6 Å². The van der Waals surface area contributed by atoms with Gasteiger partial charge < -0.3 is 5.73 Å². The monoisotopic (exact) mass is 288 g/mol. The van der Waals surface area contributed by atoms with E-state index in [2.05, 4.69) is 0 Å². The molecule has 6 heteroatoms. The van der Waals surface area contributed by atoms with Crippen LogP contribution < -0.4 is 5.73 Å². The number of benzene rings is 1. The predicted octanol–water partition coefficient (Wildman–Crippen LogP) is 2.10. The fourth-order valence-electron chi connectivity index (χ4n) is 1.79. The number of rotatable bonds is 7. The lowest BCUT2D eigenvalue weighted by Gasteiger charge is -2.20. The molecule has 0 amide bonds. The number of hydrogen-bond donors (Lipinski definition) is 1. The summed E-state index contributed by atoms with van der Waals surface area (Å²) in [5, 5.41) is 0. The Balaban J connectivity index is 3.17. The number of nitrogens with zero attached hydrogens (tertiary/aromatic N) is 1. The van der Waals surface area contributed by atoms with E-state index >= 15 is 0 Å². The van der Waals surface area contributed by atoms with Crippen molar-refractivity contribution in [2.24, 2.45) is 5.73 Å². The minimum Gasteiger partial charge on any atom is -0.326 e. The van der Waals surface area contributed by atoms with Crippen LogP contribution in [0.2, 0.25) is 0 Å². The molecule has 19 heavy (non-hydrogen) atoms. The number of hydrogen-bond acceptors (Lipinski definition) is 3. The van der Waals surface area contributed by atoms with E-state index in [1.807, 2.05) is 6.92 Å². The van der Waals surface area contributed by atoms with Crippen LogP contribution in [0.1, 0.15) is 32.3 Å². The number of nitrogens with two attached hydrogens (primary N) is 1. The summed E-state index contributed by atoms with van der Waals surface area (Å²) >= 11 is 0. The minimum absolute atomic E-state index is 0.184. The van der Waals surface area contributed by atoms with Crippen LogP contribution in [0.15, 0.2) is 23.1 Å². The van der Waals surface area contributed by atoms with Gasteiger partial charge in [0.05, 0.1) is 0 Å². The van der Waals surface area contributed by atoms with Crippen molar-refractivity contribution in [1.82, 2.24) is 4.31 Å². The van der Waals surface area contributed by atoms with Crippen LogP contribution in [0.4, 0.5) is 4.39 Å². The number of unbranched alkanes of at least 4 members (excludes halogenated alkanes) is 1. The molecule has 0 radical (unpaired) electrons. The highest BCUT2D eigenvalue weighted by molar-refractivity contribution is 7.89. The van der Waals surface area contributed by atoms with Gasteiger partial charge >= 0.3 is 0 Å². The molecule has 2 N–H and O–H groups in total. The zero-order chi connectivity index (χ0) is 14.5. The SMILES string of the molecule is CCCCN(CC)S(=O)(=O)c1cc(CN)ccc1F. The Kier molecular flexibility index (Phi) is 5.90. The van der Waals surface area contributed by atoms with Crippen molar-refractivity contribution < 1.29 is 12.8 Å². The molecule has 4 nitrogen and oxygen atoms in total. The first-order chi connectivity index (χ1) is 8.97. The van der Waals surface area contributed by atoms with Crippen LogP contribution in [-0.4, -0.2) is 25.8 Å². The summed E-state index contributed by atoms with van der Waals surface area (Å²) in [4.78, 5) is -0.284. The first-order valence-corrected chi connectivity index (χ1v) is 7.90. The lowest BCUT2D eigenvalue weighted by atomic mass is 10.2. The van der Waals surface area contributed by atoms with Gasteiger partial charge in [0.15, 0.2) is 0 Å². The van der Waals surface area contributed by atoms with Crippen molar-refractivity contribution in [2.75, 3.05) is 13.1 Å². The van der Waals surface area contributed by atoms with Crippen molar-refractivity contribution in [3.63, 3.8) is 0 Å². The second kappa shape index (κ2) is 6.98. The molecule has 0 saturated carbocycles. The molecule has 108 valence electrons. The summed E-state index contributed by atoms with van der Waals surface area (Å²) < 4.78 is 39.9. The van der Waals surface area contributed by atoms with Gasteiger partial charge in [-0.25, -0.2) is 12.8 Å². The Morgan fingerprint density at radius 1 is 1.32 bits per heavy atom. The number of sulfonamides is 1. The third-order valence-electron chi connectivity index (χ3n) is 2.96. The van der Waals surface area contributed by atoms with Crippen LogP contribution in [-0.2, 0) is 16.6 Å². The molecule has 0 aromatic heterocycles. The second-order valence-electron chi connectivity index (χ2n) is 4.32. The fourth-order valence-corrected chi connectivity index (χ4v) is 3.40. The van der Waals surface area contributed by atoms with E-state index in [1.54, 1.807) is 6.92 Å². The molecule has 0 heterocycles. The Hall–Kier alpha value is -0.980. The summed E-state index contributed by atoms with van der Waals surface area (Å²) in [5.74, 6) is -0.729. The molecule has 0 atom stereocenters. The van der Waals surface area contributed by atoms with Crippen molar-refractivity contribution >= 4 is 10.0 Å². The molecular formula is C13H21FN2O2S. The maximum atomic E-state index is 13.8. The average molecular weight is 288 g/mol. The average Bonchev–Trinajstić information content (AvgIpc) is 2.39. The molecule has 0 bridgehead atoms. The quantitative estimate of drug-likeness (QED) is 0.835. The third-order valence-corrected chi connectivity index (χ3v) is 4.95. The van der Waals surface area contributed by atoms with Gasteiger partial charge in [-0.1, -0.05) is 26.3 Å².